The van der Waals surface area contributed by atoms with Gasteiger partial charge in [0.05, 0.1) is 0 Å². The van der Waals surface area contributed by atoms with Crippen LogP contribution in [-0.2, 0) is 4.57 Å². The van der Waals surface area contributed by atoms with E-state index in [0.717, 1.165) is 16.6 Å². The van der Waals surface area contributed by atoms with Crippen molar-refractivity contribution in [1.29, 1.82) is 0 Å². The molecular weight excluding hydrogens is 437 g/mol. The second-order valence-electron chi connectivity index (χ2n) is 8.03. The van der Waals surface area contributed by atoms with E-state index in [1.807, 2.05) is 41.3 Å². The summed E-state index contributed by atoms with van der Waals surface area (Å²) in [6.45, 7) is 7.76. The number of benzene rings is 2. The minimum absolute atomic E-state index is 0.641. The Morgan fingerprint density at radius 2 is 1.72 bits per heavy atom. The number of nitrogens with one attached hydrogen (secondary N) is 1. The largest absolute Gasteiger partial charge is 0.338 e. The summed E-state index contributed by atoms with van der Waals surface area (Å²) in [5.41, 5.74) is 5.91. The van der Waals surface area contributed by atoms with Crippen molar-refractivity contribution in [3.63, 3.8) is 0 Å². The van der Waals surface area contributed by atoms with E-state index in [4.69, 9.17) is 0 Å². The van der Waals surface area contributed by atoms with Gasteiger partial charge < -0.3 is 9.88 Å². The summed E-state index contributed by atoms with van der Waals surface area (Å²) in [6.07, 6.45) is 7.78. The molecule has 0 bridgehead atoms. The number of thioether (sulfide) groups is 1. The van der Waals surface area contributed by atoms with E-state index >= 15 is 0 Å². The number of aromatic nitrogens is 4. The van der Waals surface area contributed by atoms with Crippen LogP contribution in [0.2, 0.25) is 0 Å². The van der Waals surface area contributed by atoms with Crippen molar-refractivity contribution in [3.05, 3.63) is 65.5 Å². The lowest BCUT2D eigenvalue weighted by atomic mass is 10.0. The minimum Gasteiger partial charge on any atom is -0.338 e. The van der Waals surface area contributed by atoms with Gasteiger partial charge in [-0.25, -0.2) is 15.0 Å². The molecular formula is C24H26N5OPS. The van der Waals surface area contributed by atoms with Crippen molar-refractivity contribution in [1.82, 2.24) is 19.5 Å². The minimum atomic E-state index is -2.29. The maximum Gasteiger partial charge on any atom is 0.191 e. The van der Waals surface area contributed by atoms with E-state index in [-0.39, 0.29) is 0 Å². The maximum atomic E-state index is 12.3. The van der Waals surface area contributed by atoms with Crippen LogP contribution in [0.15, 0.2) is 53.9 Å². The molecule has 0 aliphatic rings. The second kappa shape index (κ2) is 8.93. The molecule has 32 heavy (non-hydrogen) atoms. The summed E-state index contributed by atoms with van der Waals surface area (Å²) in [5.74, 6) is 0.641. The fourth-order valence-electron chi connectivity index (χ4n) is 3.47. The quantitative estimate of drug-likeness (QED) is 0.222. The Bertz CT molecular complexity index is 1330. The third-order valence-corrected chi connectivity index (χ3v) is 7.37. The summed E-state index contributed by atoms with van der Waals surface area (Å²) in [6, 6.07) is 13.9. The summed E-state index contributed by atoms with van der Waals surface area (Å²) < 4.78 is 14.2. The van der Waals surface area contributed by atoms with Gasteiger partial charge in [0.15, 0.2) is 22.1 Å². The zero-order chi connectivity index (χ0) is 22.9. The van der Waals surface area contributed by atoms with Gasteiger partial charge in [-0.1, -0.05) is 30.0 Å². The first-order valence-corrected chi connectivity index (χ1v) is 14.0. The third kappa shape index (κ3) is 4.64. The Hall–Kier alpha value is -2.89. The first-order chi connectivity index (χ1) is 15.3. The molecule has 4 rings (SSSR count). The lowest BCUT2D eigenvalue weighted by molar-refractivity contribution is 0.588. The number of fused-ring (bicyclic) bond motifs is 1. The number of imidazole rings is 1. The predicted octanol–water partition coefficient (Wildman–Crippen LogP) is 5.78. The second-order valence-corrected chi connectivity index (χ2v) is 12.0. The van der Waals surface area contributed by atoms with E-state index < -0.39 is 7.14 Å². The molecule has 0 fully saturated rings. The molecule has 6 nitrogen and oxygen atoms in total. The van der Waals surface area contributed by atoms with Crippen LogP contribution >= 0.6 is 18.9 Å². The molecule has 0 saturated carbocycles. The highest BCUT2D eigenvalue weighted by atomic mass is 32.2. The van der Waals surface area contributed by atoms with Gasteiger partial charge in [0.2, 0.25) is 0 Å². The van der Waals surface area contributed by atoms with Crippen molar-refractivity contribution in [2.75, 3.05) is 24.9 Å². The van der Waals surface area contributed by atoms with Gasteiger partial charge in [0.25, 0.3) is 0 Å². The Balaban J connectivity index is 1.71. The van der Waals surface area contributed by atoms with E-state index in [2.05, 4.69) is 58.4 Å². The summed E-state index contributed by atoms with van der Waals surface area (Å²) >= 11 is 1.48. The molecule has 8 heteroatoms. The molecule has 0 unspecified atom stereocenters. The van der Waals surface area contributed by atoms with E-state index in [9.17, 15) is 4.57 Å². The fraction of sp³-hybridized carbons (Fsp3) is 0.208. The topological polar surface area (TPSA) is 72.7 Å². The molecule has 4 aromatic rings. The normalized spacial score (nSPS) is 12.0. The summed E-state index contributed by atoms with van der Waals surface area (Å²) in [4.78, 5) is 13.9. The molecule has 0 radical (unpaired) electrons. The number of rotatable bonds is 6. The Morgan fingerprint density at radius 1 is 1.03 bits per heavy atom. The zero-order valence-corrected chi connectivity index (χ0v) is 20.5. The maximum absolute atomic E-state index is 12.3. The van der Waals surface area contributed by atoms with E-state index in [0.29, 0.717) is 16.5 Å². The molecule has 0 atom stereocenters. The summed E-state index contributed by atoms with van der Waals surface area (Å²) in [7, 11) is -2.29. The smallest absolute Gasteiger partial charge is 0.191 e. The van der Waals surface area contributed by atoms with Crippen LogP contribution in [0.1, 0.15) is 16.7 Å². The standard InChI is InChI=1S/C24H26N5OPS/c1-16-7-6-8-17(2)20(16)13-14-29-15-25-21-22(27-24(32-5)28-23(21)29)26-18-9-11-19(12-10-18)31(3,4)30/h6-15H,1-5H3,(H,26,27,28). The predicted molar refractivity (Wildman–Crippen MR) is 137 cm³/mol. The lowest BCUT2D eigenvalue weighted by Crippen LogP contribution is -2.04. The van der Waals surface area contributed by atoms with Crippen LogP contribution in [0.5, 0.6) is 0 Å². The number of aryl methyl sites for hydroxylation is 2. The van der Waals surface area contributed by atoms with Crippen molar-refractivity contribution < 1.29 is 4.57 Å². The molecule has 0 spiro atoms. The Morgan fingerprint density at radius 3 is 2.34 bits per heavy atom. The van der Waals surface area contributed by atoms with E-state index in [1.54, 1.807) is 19.7 Å². The SMILES string of the molecule is CSc1nc(Nc2ccc(P(C)(C)=O)cc2)c2ncn(C=Cc3c(C)cccc3C)c2n1. The zero-order valence-electron chi connectivity index (χ0n) is 18.8. The highest BCUT2D eigenvalue weighted by molar-refractivity contribution is 7.98. The van der Waals surface area contributed by atoms with Gasteiger partial charge in [-0.15, -0.1) is 0 Å². The molecule has 2 heterocycles. The highest BCUT2D eigenvalue weighted by Crippen LogP contribution is 2.35. The van der Waals surface area contributed by atoms with Crippen LogP contribution in [0, 0.1) is 13.8 Å². The molecule has 1 N–H and O–H groups in total. The molecule has 164 valence electrons. The molecule has 0 aliphatic heterocycles. The molecule has 0 saturated heterocycles. The first kappa shape index (κ1) is 22.3. The Labute approximate surface area is 192 Å². The number of anilines is 2. The number of nitrogens with zero attached hydrogens (tertiary/aromatic N) is 4. The van der Waals surface area contributed by atoms with Gasteiger partial charge in [-0.2, -0.15) is 0 Å². The Kier molecular flexibility index (Phi) is 6.22. The average Bonchev–Trinajstić information content (AvgIpc) is 3.16. The molecule has 2 aromatic carbocycles. The van der Waals surface area contributed by atoms with E-state index in [1.165, 1.54) is 28.5 Å². The number of hydrogen-bond acceptors (Lipinski definition) is 6. The van der Waals surface area contributed by atoms with Gasteiger partial charge >= 0.3 is 0 Å². The van der Waals surface area contributed by atoms with Gasteiger partial charge in [0, 0.05) is 17.2 Å². The van der Waals surface area contributed by atoms with Crippen LogP contribution in [0.3, 0.4) is 0 Å². The third-order valence-electron chi connectivity index (χ3n) is 5.28. The van der Waals surface area contributed by atoms with Crippen LogP contribution in [-0.4, -0.2) is 39.1 Å². The van der Waals surface area contributed by atoms with Crippen LogP contribution in [0.4, 0.5) is 11.5 Å². The first-order valence-electron chi connectivity index (χ1n) is 10.2. The van der Waals surface area contributed by atoms with Gasteiger partial charge in [-0.05, 0) is 80.5 Å². The number of hydrogen-bond donors (Lipinski definition) is 1. The van der Waals surface area contributed by atoms with Crippen molar-refractivity contribution in [2.24, 2.45) is 0 Å². The van der Waals surface area contributed by atoms with Crippen molar-refractivity contribution in [2.45, 2.75) is 19.0 Å². The highest BCUT2D eigenvalue weighted by Gasteiger charge is 2.14. The van der Waals surface area contributed by atoms with Crippen molar-refractivity contribution in [3.8, 4) is 0 Å². The van der Waals surface area contributed by atoms with Crippen LogP contribution < -0.4 is 10.6 Å². The van der Waals surface area contributed by atoms with Gasteiger partial charge in [-0.3, -0.25) is 4.57 Å². The van der Waals surface area contributed by atoms with Crippen LogP contribution in [0.25, 0.3) is 23.4 Å². The summed E-state index contributed by atoms with van der Waals surface area (Å²) in [5, 5.41) is 4.86. The molecule has 2 aromatic heterocycles. The lowest BCUT2D eigenvalue weighted by Gasteiger charge is -2.10. The molecule has 0 amide bonds. The monoisotopic (exact) mass is 463 g/mol. The fourth-order valence-corrected chi connectivity index (χ4v) is 4.70. The van der Waals surface area contributed by atoms with Gasteiger partial charge in [0.1, 0.15) is 13.5 Å². The average molecular weight is 464 g/mol. The molecule has 0 aliphatic carbocycles. The van der Waals surface area contributed by atoms with Crippen molar-refractivity contribution >= 4 is 59.2 Å².